The fraction of sp³-hybridized carbons (Fsp3) is 1.00. The first-order chi connectivity index (χ1) is 5.20. The lowest BCUT2D eigenvalue weighted by Gasteiger charge is -2.33. The number of aliphatic hydroxyl groups excluding tert-OH is 1. The van der Waals surface area contributed by atoms with Crippen LogP contribution in [0.5, 0.6) is 0 Å². The van der Waals surface area contributed by atoms with Crippen molar-refractivity contribution in [2.24, 2.45) is 11.5 Å². The summed E-state index contributed by atoms with van der Waals surface area (Å²) in [6, 6.07) is -0.924. The SMILES string of the molecule is N[C@@H]1[C@@H]2OC[C@@H](O2)[C@H](N)[C@@H]1O. The fourth-order valence-electron chi connectivity index (χ4n) is 1.48. The Bertz CT molecular complexity index is 146. The highest BCUT2D eigenvalue weighted by Crippen LogP contribution is 2.25. The van der Waals surface area contributed by atoms with E-state index in [-0.39, 0.29) is 6.10 Å². The minimum absolute atomic E-state index is 0.185. The van der Waals surface area contributed by atoms with Gasteiger partial charge in [0.25, 0.3) is 0 Å². The third-order valence-corrected chi connectivity index (χ3v) is 2.27. The minimum Gasteiger partial charge on any atom is -0.390 e. The summed E-state index contributed by atoms with van der Waals surface area (Å²) in [5.41, 5.74) is 11.2. The summed E-state index contributed by atoms with van der Waals surface area (Å²) in [5.74, 6) is 0. The Morgan fingerprint density at radius 1 is 1.27 bits per heavy atom. The maximum atomic E-state index is 9.42. The predicted octanol–water partition coefficient (Wildman–Crippen LogP) is -2.24. The molecule has 5 nitrogen and oxygen atoms in total. The molecule has 0 saturated carbocycles. The topological polar surface area (TPSA) is 90.7 Å². The molecule has 5 atom stereocenters. The van der Waals surface area contributed by atoms with Gasteiger partial charge < -0.3 is 26.0 Å². The summed E-state index contributed by atoms with van der Waals surface area (Å²) >= 11 is 0. The first-order valence-corrected chi connectivity index (χ1v) is 3.66. The molecule has 0 unspecified atom stereocenters. The molecule has 2 rings (SSSR count). The van der Waals surface area contributed by atoms with E-state index in [2.05, 4.69) is 0 Å². The number of aliphatic hydroxyl groups is 1. The van der Waals surface area contributed by atoms with E-state index in [4.69, 9.17) is 20.9 Å². The number of hydrogen-bond donors (Lipinski definition) is 3. The Hall–Kier alpha value is -0.200. The Morgan fingerprint density at radius 3 is 2.73 bits per heavy atom. The zero-order chi connectivity index (χ0) is 8.01. The van der Waals surface area contributed by atoms with Crippen molar-refractivity contribution in [1.29, 1.82) is 0 Å². The largest absolute Gasteiger partial charge is 0.390 e. The van der Waals surface area contributed by atoms with Crippen molar-refractivity contribution >= 4 is 0 Å². The first-order valence-electron chi connectivity index (χ1n) is 3.66. The molecule has 0 radical (unpaired) electrons. The van der Waals surface area contributed by atoms with Crippen LogP contribution < -0.4 is 11.5 Å². The van der Waals surface area contributed by atoms with Gasteiger partial charge in [0.1, 0.15) is 6.10 Å². The molecule has 5 heteroatoms. The van der Waals surface area contributed by atoms with Crippen LogP contribution in [0.4, 0.5) is 0 Å². The molecule has 0 aromatic carbocycles. The van der Waals surface area contributed by atoms with Crippen molar-refractivity contribution in [2.75, 3.05) is 6.61 Å². The summed E-state index contributed by atoms with van der Waals surface area (Å²) in [5, 5.41) is 9.42. The highest BCUT2D eigenvalue weighted by atomic mass is 16.7. The number of hydrogen-bond acceptors (Lipinski definition) is 5. The van der Waals surface area contributed by atoms with E-state index in [0.717, 1.165) is 0 Å². The van der Waals surface area contributed by atoms with Crippen LogP contribution in [0.3, 0.4) is 0 Å². The number of rotatable bonds is 0. The maximum absolute atomic E-state index is 9.42. The average Bonchev–Trinajstić information content (AvgIpc) is 2.44. The van der Waals surface area contributed by atoms with E-state index >= 15 is 0 Å². The molecule has 2 aliphatic rings. The number of nitrogens with two attached hydrogens (primary N) is 2. The van der Waals surface area contributed by atoms with Crippen molar-refractivity contribution in [3.05, 3.63) is 0 Å². The Balaban J connectivity index is 2.16. The van der Waals surface area contributed by atoms with E-state index in [0.29, 0.717) is 6.61 Å². The lowest BCUT2D eigenvalue weighted by atomic mass is 9.98. The second-order valence-corrected chi connectivity index (χ2v) is 3.02. The van der Waals surface area contributed by atoms with E-state index in [1.165, 1.54) is 0 Å². The van der Waals surface area contributed by atoms with Gasteiger partial charge in [-0.2, -0.15) is 0 Å². The number of fused-ring (bicyclic) bond motifs is 2. The molecule has 2 fully saturated rings. The van der Waals surface area contributed by atoms with Gasteiger partial charge in [-0.3, -0.25) is 0 Å². The van der Waals surface area contributed by atoms with Crippen molar-refractivity contribution in [1.82, 2.24) is 0 Å². The van der Waals surface area contributed by atoms with Crippen LogP contribution in [0.1, 0.15) is 0 Å². The molecular formula is C6H12N2O3. The third-order valence-electron chi connectivity index (χ3n) is 2.27. The first kappa shape index (κ1) is 7.45. The van der Waals surface area contributed by atoms with Gasteiger partial charge in [0.2, 0.25) is 0 Å². The second kappa shape index (κ2) is 2.40. The van der Waals surface area contributed by atoms with Crippen molar-refractivity contribution in [2.45, 2.75) is 30.6 Å². The Labute approximate surface area is 64.3 Å². The quantitative estimate of drug-likeness (QED) is 0.372. The molecule has 2 bridgehead atoms. The summed E-state index contributed by atoms with van der Waals surface area (Å²) in [6.45, 7) is 0.441. The molecule has 0 aliphatic carbocycles. The van der Waals surface area contributed by atoms with E-state index in [1.54, 1.807) is 0 Å². The van der Waals surface area contributed by atoms with Gasteiger partial charge in [-0.1, -0.05) is 0 Å². The zero-order valence-electron chi connectivity index (χ0n) is 6.01. The van der Waals surface area contributed by atoms with Crippen LogP contribution in [0.15, 0.2) is 0 Å². The maximum Gasteiger partial charge on any atom is 0.175 e. The van der Waals surface area contributed by atoms with Gasteiger partial charge in [-0.05, 0) is 0 Å². The highest BCUT2D eigenvalue weighted by molar-refractivity contribution is 4.97. The predicted molar refractivity (Wildman–Crippen MR) is 36.6 cm³/mol. The molecule has 11 heavy (non-hydrogen) atoms. The standard InChI is InChI=1S/C6H12N2O3/c7-3-2-1-10-6(11-2)4(8)5(3)9/h2-6,9H,1,7-8H2/t2-,3+,4+,5+,6-/m1/s1. The minimum atomic E-state index is -0.707. The van der Waals surface area contributed by atoms with Crippen LogP contribution in [0.2, 0.25) is 0 Å². The molecule has 2 aliphatic heterocycles. The average molecular weight is 160 g/mol. The molecule has 5 N–H and O–H groups in total. The van der Waals surface area contributed by atoms with Crippen LogP contribution in [0.25, 0.3) is 0 Å². The fourth-order valence-corrected chi connectivity index (χ4v) is 1.48. The van der Waals surface area contributed by atoms with Gasteiger partial charge in [0.05, 0.1) is 24.8 Å². The van der Waals surface area contributed by atoms with Gasteiger partial charge in [-0.15, -0.1) is 0 Å². The van der Waals surface area contributed by atoms with E-state index < -0.39 is 24.5 Å². The molecule has 0 spiro atoms. The Kier molecular flexibility index (Phi) is 1.62. The van der Waals surface area contributed by atoms with Gasteiger partial charge in [0.15, 0.2) is 6.29 Å². The van der Waals surface area contributed by atoms with Crippen molar-refractivity contribution in [3.8, 4) is 0 Å². The highest BCUT2D eigenvalue weighted by Gasteiger charge is 2.46. The lowest BCUT2D eigenvalue weighted by Crippen LogP contribution is -2.60. The molecule has 0 amide bonds. The number of ether oxygens (including phenoxy) is 2. The van der Waals surface area contributed by atoms with Crippen LogP contribution in [-0.2, 0) is 9.47 Å². The molecule has 0 aromatic heterocycles. The van der Waals surface area contributed by atoms with Crippen LogP contribution in [0, 0.1) is 0 Å². The van der Waals surface area contributed by atoms with Crippen molar-refractivity contribution in [3.63, 3.8) is 0 Å². The monoisotopic (exact) mass is 160 g/mol. The summed E-state index contributed by atoms with van der Waals surface area (Å²) < 4.78 is 10.4. The van der Waals surface area contributed by atoms with Crippen LogP contribution in [-0.4, -0.2) is 42.3 Å². The summed E-state index contributed by atoms with van der Waals surface area (Å²) in [7, 11) is 0. The molecule has 2 heterocycles. The molecule has 2 saturated heterocycles. The van der Waals surface area contributed by atoms with E-state index in [9.17, 15) is 5.11 Å². The second-order valence-electron chi connectivity index (χ2n) is 3.02. The van der Waals surface area contributed by atoms with Gasteiger partial charge in [0, 0.05) is 0 Å². The molecule has 0 aromatic rings. The van der Waals surface area contributed by atoms with Crippen molar-refractivity contribution < 1.29 is 14.6 Å². The van der Waals surface area contributed by atoms with Gasteiger partial charge in [-0.25, -0.2) is 0 Å². The third kappa shape index (κ3) is 0.969. The summed E-state index contributed by atoms with van der Waals surface area (Å²) in [6.07, 6.45) is -1.36. The van der Waals surface area contributed by atoms with E-state index in [1.807, 2.05) is 0 Å². The van der Waals surface area contributed by atoms with Gasteiger partial charge >= 0.3 is 0 Å². The smallest absolute Gasteiger partial charge is 0.175 e. The Morgan fingerprint density at radius 2 is 2.00 bits per heavy atom. The molecular weight excluding hydrogens is 148 g/mol. The lowest BCUT2D eigenvalue weighted by molar-refractivity contribution is -0.138. The molecule has 64 valence electrons. The normalized spacial score (nSPS) is 56.5. The summed E-state index contributed by atoms with van der Waals surface area (Å²) in [4.78, 5) is 0. The zero-order valence-corrected chi connectivity index (χ0v) is 6.01. The van der Waals surface area contributed by atoms with Crippen LogP contribution >= 0.6 is 0 Å².